The molecule has 0 spiro atoms. The molecule has 0 N–H and O–H groups in total. The van der Waals surface area contributed by atoms with Crippen LogP contribution in [0.4, 0.5) is 0 Å². The molecule has 0 fully saturated rings. The van der Waals surface area contributed by atoms with Gasteiger partial charge in [-0.2, -0.15) is 0 Å². The summed E-state index contributed by atoms with van der Waals surface area (Å²) < 4.78 is 0. The van der Waals surface area contributed by atoms with Crippen LogP contribution >= 0.6 is 0 Å². The molecule has 0 amide bonds. The van der Waals surface area contributed by atoms with Crippen LogP contribution in [-0.4, -0.2) is 12.8 Å². The van der Waals surface area contributed by atoms with Crippen molar-refractivity contribution in [2.45, 2.75) is 18.8 Å². The Morgan fingerprint density at radius 3 is 3.08 bits per heavy atom. The molecule has 4 rings (SSSR count). The molecule has 1 unspecified atom stereocenters. The fourth-order valence-electron chi connectivity index (χ4n) is 2.44. The third-order valence-corrected chi connectivity index (χ3v) is 3.32. The van der Waals surface area contributed by atoms with Gasteiger partial charge in [-0.15, -0.1) is 0 Å². The zero-order valence-electron chi connectivity index (χ0n) is 7.17. The van der Waals surface area contributed by atoms with Gasteiger partial charge in [0, 0.05) is 11.6 Å². The Morgan fingerprint density at radius 1 is 1.50 bits per heavy atom. The molecule has 0 saturated heterocycles. The van der Waals surface area contributed by atoms with Gasteiger partial charge in [-0.3, -0.25) is 4.99 Å². The Balaban J connectivity index is 2.30. The molecule has 0 radical (unpaired) electrons. The van der Waals surface area contributed by atoms with Crippen molar-refractivity contribution >= 4 is 6.21 Å². The maximum atomic E-state index is 4.41. The highest BCUT2D eigenvalue weighted by Crippen LogP contribution is 2.47. The zero-order chi connectivity index (χ0) is 8.18. The predicted molar refractivity (Wildman–Crippen MR) is 50.0 cm³/mol. The number of hydrogen-bond donors (Lipinski definition) is 0. The smallest absolute Gasteiger partial charge is 0.0527 e. The normalized spacial score (nSPS) is 28.4. The molecule has 1 aromatic rings. The quantitative estimate of drug-likeness (QED) is 0.592. The monoisotopic (exact) mass is 157 g/mol. The van der Waals surface area contributed by atoms with Gasteiger partial charge < -0.3 is 0 Å². The summed E-state index contributed by atoms with van der Waals surface area (Å²) >= 11 is 0. The molecule has 1 heteroatoms. The highest BCUT2D eigenvalue weighted by atomic mass is 14.8. The molecule has 1 atom stereocenters. The van der Waals surface area contributed by atoms with Crippen molar-refractivity contribution in [2.24, 2.45) is 4.99 Å². The van der Waals surface area contributed by atoms with E-state index in [9.17, 15) is 0 Å². The topological polar surface area (TPSA) is 12.4 Å². The average Bonchev–Trinajstić information content (AvgIpc) is 2.11. The predicted octanol–water partition coefficient (Wildman–Crippen LogP) is 2.13. The summed E-state index contributed by atoms with van der Waals surface area (Å²) in [5.41, 5.74) is 4.68. The fourth-order valence-corrected chi connectivity index (χ4v) is 2.44. The van der Waals surface area contributed by atoms with E-state index in [1.807, 2.05) is 6.21 Å². The molecular formula is C11H11N. The van der Waals surface area contributed by atoms with Crippen LogP contribution in [0.1, 0.15) is 30.0 Å². The molecule has 0 saturated carbocycles. The van der Waals surface area contributed by atoms with Gasteiger partial charge in [-0.1, -0.05) is 25.1 Å². The Morgan fingerprint density at radius 2 is 2.42 bits per heavy atom. The lowest BCUT2D eigenvalue weighted by Crippen LogP contribution is -2.40. The number of hydrogen-bond acceptors (Lipinski definition) is 1. The molecule has 60 valence electrons. The fraction of sp³-hybridized carbons (Fsp3) is 0.364. The minimum absolute atomic E-state index is 0.332. The van der Waals surface area contributed by atoms with E-state index in [1.165, 1.54) is 23.1 Å². The zero-order valence-corrected chi connectivity index (χ0v) is 7.17. The van der Waals surface area contributed by atoms with Crippen molar-refractivity contribution in [1.29, 1.82) is 0 Å². The van der Waals surface area contributed by atoms with E-state index in [4.69, 9.17) is 0 Å². The summed E-state index contributed by atoms with van der Waals surface area (Å²) in [6, 6.07) is 6.74. The molecular weight excluding hydrogens is 146 g/mol. The number of nitrogens with zero attached hydrogens (tertiary/aromatic N) is 1. The van der Waals surface area contributed by atoms with E-state index in [0.29, 0.717) is 5.41 Å². The minimum atomic E-state index is 0.332. The summed E-state index contributed by atoms with van der Waals surface area (Å²) in [5.74, 6) is 0. The number of aliphatic imine (C=N–C) groups is 1. The van der Waals surface area contributed by atoms with Gasteiger partial charge in [0.2, 0.25) is 0 Å². The third kappa shape index (κ3) is 0.482. The summed E-state index contributed by atoms with van der Waals surface area (Å²) in [6.45, 7) is 3.23. The van der Waals surface area contributed by atoms with Crippen molar-refractivity contribution in [3.63, 3.8) is 0 Å². The molecule has 12 heavy (non-hydrogen) atoms. The molecule has 1 aliphatic heterocycles. The Kier molecular flexibility index (Phi) is 0.957. The number of benzene rings is 1. The lowest BCUT2D eigenvalue weighted by atomic mass is 9.61. The van der Waals surface area contributed by atoms with Gasteiger partial charge in [0.05, 0.1) is 6.54 Å². The van der Waals surface area contributed by atoms with E-state index in [1.54, 1.807) is 0 Å². The van der Waals surface area contributed by atoms with Crippen LogP contribution in [0.5, 0.6) is 0 Å². The first-order chi connectivity index (χ1) is 5.87. The Labute approximate surface area is 72.1 Å². The van der Waals surface area contributed by atoms with Crippen LogP contribution in [0.3, 0.4) is 0 Å². The van der Waals surface area contributed by atoms with E-state index in [2.05, 4.69) is 30.1 Å². The Bertz CT molecular complexity index is 375. The molecule has 3 aliphatic rings. The lowest BCUT2D eigenvalue weighted by molar-refractivity contribution is 0.470. The van der Waals surface area contributed by atoms with Gasteiger partial charge in [0.15, 0.2) is 0 Å². The van der Waals surface area contributed by atoms with Gasteiger partial charge in [0.1, 0.15) is 0 Å². The second kappa shape index (κ2) is 1.79. The van der Waals surface area contributed by atoms with Crippen LogP contribution in [0.25, 0.3) is 0 Å². The first-order valence-corrected chi connectivity index (χ1v) is 4.52. The highest BCUT2D eigenvalue weighted by Gasteiger charge is 2.42. The first kappa shape index (κ1) is 6.41. The SMILES string of the molecule is CCC12CN=Cc3ccc1cc32. The van der Waals surface area contributed by atoms with E-state index in [0.717, 1.165) is 6.54 Å². The molecule has 1 nitrogen and oxygen atoms in total. The number of rotatable bonds is 1. The van der Waals surface area contributed by atoms with Crippen molar-refractivity contribution in [3.05, 3.63) is 34.9 Å². The minimum Gasteiger partial charge on any atom is -0.291 e. The van der Waals surface area contributed by atoms with Crippen LogP contribution < -0.4 is 0 Å². The summed E-state index contributed by atoms with van der Waals surface area (Å²) in [6.07, 6.45) is 3.20. The van der Waals surface area contributed by atoms with Gasteiger partial charge in [0.25, 0.3) is 0 Å². The number of fused-ring (bicyclic) bond motifs is 1. The van der Waals surface area contributed by atoms with E-state index in [-0.39, 0.29) is 0 Å². The largest absolute Gasteiger partial charge is 0.291 e. The van der Waals surface area contributed by atoms with Crippen LogP contribution in [0.2, 0.25) is 0 Å². The van der Waals surface area contributed by atoms with Crippen LogP contribution in [0.15, 0.2) is 23.2 Å². The van der Waals surface area contributed by atoms with Crippen molar-refractivity contribution in [2.75, 3.05) is 6.54 Å². The van der Waals surface area contributed by atoms with Crippen molar-refractivity contribution in [1.82, 2.24) is 0 Å². The maximum absolute atomic E-state index is 4.41. The summed E-state index contributed by atoms with van der Waals surface area (Å²) in [7, 11) is 0. The van der Waals surface area contributed by atoms with Crippen LogP contribution in [-0.2, 0) is 5.41 Å². The van der Waals surface area contributed by atoms with Gasteiger partial charge >= 0.3 is 0 Å². The molecule has 0 aromatic heterocycles. The summed E-state index contributed by atoms with van der Waals surface area (Å²) in [4.78, 5) is 4.41. The average molecular weight is 157 g/mol. The first-order valence-electron chi connectivity index (χ1n) is 4.52. The lowest BCUT2D eigenvalue weighted by Gasteiger charge is -2.43. The van der Waals surface area contributed by atoms with Gasteiger partial charge in [-0.25, -0.2) is 0 Å². The summed E-state index contributed by atoms with van der Waals surface area (Å²) in [5, 5.41) is 0. The highest BCUT2D eigenvalue weighted by molar-refractivity contribution is 5.87. The van der Waals surface area contributed by atoms with Gasteiger partial charge in [-0.05, 0) is 23.1 Å². The second-order valence-electron chi connectivity index (χ2n) is 3.71. The standard InChI is InChI=1S/C11H11N/c1-2-11-7-12-6-8-3-4-9(11)5-10(8)11/h3-6H,2,7H2,1H3. The van der Waals surface area contributed by atoms with Crippen molar-refractivity contribution < 1.29 is 0 Å². The van der Waals surface area contributed by atoms with Crippen molar-refractivity contribution in [3.8, 4) is 0 Å². The van der Waals surface area contributed by atoms with Crippen LogP contribution in [0, 0.1) is 0 Å². The molecule has 1 heterocycles. The third-order valence-electron chi connectivity index (χ3n) is 3.32. The molecule has 4 bridgehead atoms. The Hall–Kier alpha value is -1.11. The maximum Gasteiger partial charge on any atom is 0.0527 e. The molecule has 2 aliphatic carbocycles. The second-order valence-corrected chi connectivity index (χ2v) is 3.71. The van der Waals surface area contributed by atoms with E-state index >= 15 is 0 Å². The molecule has 1 aromatic carbocycles. The van der Waals surface area contributed by atoms with E-state index < -0.39 is 0 Å².